The summed E-state index contributed by atoms with van der Waals surface area (Å²) in [5.41, 5.74) is 3.02. The minimum absolute atomic E-state index is 0.380. The van der Waals surface area contributed by atoms with Gasteiger partial charge in [0.25, 0.3) is 0 Å². The Hall–Kier alpha value is -1.27. The van der Waals surface area contributed by atoms with E-state index in [9.17, 15) is 13.2 Å². The molecule has 2 aromatic rings. The first-order chi connectivity index (χ1) is 9.82. The van der Waals surface area contributed by atoms with Crippen LogP contribution in [0.5, 0.6) is 0 Å². The van der Waals surface area contributed by atoms with Crippen molar-refractivity contribution in [2.24, 2.45) is 5.84 Å². The standard InChI is InChI=1S/C14H11Cl2F3N2/c15-10-5-6-11(12(16)7-10)13(21-20)8-1-3-9(4-2-8)14(17,18)19/h1-7,13,21H,20H2. The fourth-order valence-corrected chi connectivity index (χ4v) is 2.48. The summed E-state index contributed by atoms with van der Waals surface area (Å²) in [5, 5.41) is 0.845. The highest BCUT2D eigenvalue weighted by molar-refractivity contribution is 6.35. The highest BCUT2D eigenvalue weighted by atomic mass is 35.5. The monoisotopic (exact) mass is 334 g/mol. The third kappa shape index (κ3) is 3.68. The number of nitrogens with two attached hydrogens (primary N) is 1. The molecule has 0 aliphatic carbocycles. The van der Waals surface area contributed by atoms with Crippen LogP contribution in [0.15, 0.2) is 42.5 Å². The third-order valence-electron chi connectivity index (χ3n) is 3.01. The Labute approximate surface area is 129 Å². The van der Waals surface area contributed by atoms with Crippen molar-refractivity contribution >= 4 is 23.2 Å². The van der Waals surface area contributed by atoms with Crippen LogP contribution >= 0.6 is 23.2 Å². The predicted molar refractivity (Wildman–Crippen MR) is 77.1 cm³/mol. The highest BCUT2D eigenvalue weighted by Gasteiger charge is 2.30. The normalized spacial score (nSPS) is 13.2. The van der Waals surface area contributed by atoms with Gasteiger partial charge in [-0.25, -0.2) is 5.43 Å². The van der Waals surface area contributed by atoms with Crippen molar-refractivity contribution in [3.8, 4) is 0 Å². The Morgan fingerprint density at radius 3 is 2.10 bits per heavy atom. The molecule has 0 heterocycles. The number of halogens is 5. The van der Waals surface area contributed by atoms with Crippen LogP contribution in [0.25, 0.3) is 0 Å². The molecule has 0 spiro atoms. The Morgan fingerprint density at radius 1 is 1.00 bits per heavy atom. The van der Waals surface area contributed by atoms with Gasteiger partial charge in [-0.1, -0.05) is 41.4 Å². The lowest BCUT2D eigenvalue weighted by atomic mass is 9.98. The molecule has 1 atom stereocenters. The van der Waals surface area contributed by atoms with Crippen LogP contribution in [0.3, 0.4) is 0 Å². The minimum atomic E-state index is -4.37. The van der Waals surface area contributed by atoms with Gasteiger partial charge in [0.05, 0.1) is 11.6 Å². The summed E-state index contributed by atoms with van der Waals surface area (Å²) in [6.45, 7) is 0. The Balaban J connectivity index is 2.37. The van der Waals surface area contributed by atoms with E-state index < -0.39 is 17.8 Å². The Morgan fingerprint density at radius 2 is 1.62 bits per heavy atom. The Bertz CT molecular complexity index is 627. The SMILES string of the molecule is NNC(c1ccc(C(F)(F)F)cc1)c1ccc(Cl)cc1Cl. The van der Waals surface area contributed by atoms with E-state index in [1.165, 1.54) is 12.1 Å². The maximum absolute atomic E-state index is 12.6. The van der Waals surface area contributed by atoms with Gasteiger partial charge in [-0.15, -0.1) is 0 Å². The average Bonchev–Trinajstić information content (AvgIpc) is 2.41. The lowest BCUT2D eigenvalue weighted by Crippen LogP contribution is -2.29. The molecule has 0 radical (unpaired) electrons. The van der Waals surface area contributed by atoms with Crippen LogP contribution in [0.4, 0.5) is 13.2 Å². The van der Waals surface area contributed by atoms with Gasteiger partial charge in [-0.2, -0.15) is 13.2 Å². The van der Waals surface area contributed by atoms with Crippen LogP contribution in [0, 0.1) is 0 Å². The number of benzene rings is 2. The molecule has 0 saturated heterocycles. The molecule has 0 saturated carbocycles. The smallest absolute Gasteiger partial charge is 0.271 e. The molecule has 0 bridgehead atoms. The second kappa shape index (κ2) is 6.23. The number of alkyl halides is 3. The molecule has 1 unspecified atom stereocenters. The third-order valence-corrected chi connectivity index (χ3v) is 3.57. The summed E-state index contributed by atoms with van der Waals surface area (Å²) < 4.78 is 37.7. The first-order valence-corrected chi connectivity index (χ1v) is 6.66. The molecular weight excluding hydrogens is 324 g/mol. The number of hydrogen-bond acceptors (Lipinski definition) is 2. The molecule has 0 aromatic heterocycles. The van der Waals surface area contributed by atoms with Crippen LogP contribution < -0.4 is 11.3 Å². The van der Waals surface area contributed by atoms with Crippen LogP contribution in [0.1, 0.15) is 22.7 Å². The second-order valence-electron chi connectivity index (χ2n) is 4.39. The van der Waals surface area contributed by atoms with Gasteiger partial charge >= 0.3 is 6.18 Å². The molecule has 7 heteroatoms. The van der Waals surface area contributed by atoms with Crippen LogP contribution in [-0.2, 0) is 6.18 Å². The second-order valence-corrected chi connectivity index (χ2v) is 5.23. The zero-order chi connectivity index (χ0) is 15.6. The molecule has 3 N–H and O–H groups in total. The van der Waals surface area contributed by atoms with Gasteiger partial charge in [-0.3, -0.25) is 5.84 Å². The maximum Gasteiger partial charge on any atom is 0.416 e. The summed E-state index contributed by atoms with van der Waals surface area (Å²) in [7, 11) is 0. The van der Waals surface area contributed by atoms with E-state index in [-0.39, 0.29) is 0 Å². The average molecular weight is 335 g/mol. The molecule has 0 aliphatic heterocycles. The molecule has 112 valence electrons. The summed E-state index contributed by atoms with van der Waals surface area (Å²) in [5.74, 6) is 5.50. The van der Waals surface area contributed by atoms with E-state index in [1.807, 2.05) is 0 Å². The van der Waals surface area contributed by atoms with E-state index in [2.05, 4.69) is 5.43 Å². The van der Waals surface area contributed by atoms with E-state index in [0.717, 1.165) is 12.1 Å². The highest BCUT2D eigenvalue weighted by Crippen LogP contribution is 2.33. The van der Waals surface area contributed by atoms with Gasteiger partial charge in [0.2, 0.25) is 0 Å². The molecule has 21 heavy (non-hydrogen) atoms. The summed E-state index contributed by atoms with van der Waals surface area (Å²) in [6, 6.07) is 9.05. The van der Waals surface area contributed by atoms with Crippen molar-refractivity contribution in [2.75, 3.05) is 0 Å². The number of hydrazine groups is 1. The van der Waals surface area contributed by atoms with Crippen molar-refractivity contribution in [1.82, 2.24) is 5.43 Å². The van der Waals surface area contributed by atoms with Crippen LogP contribution in [0.2, 0.25) is 10.0 Å². The number of rotatable bonds is 3. The fourth-order valence-electron chi connectivity index (χ4n) is 1.97. The van der Waals surface area contributed by atoms with Crippen molar-refractivity contribution < 1.29 is 13.2 Å². The van der Waals surface area contributed by atoms with E-state index in [0.29, 0.717) is 21.2 Å². The zero-order valence-corrected chi connectivity index (χ0v) is 12.1. The molecule has 2 rings (SSSR count). The fraction of sp³-hybridized carbons (Fsp3) is 0.143. The van der Waals surface area contributed by atoms with E-state index in [1.54, 1.807) is 18.2 Å². The van der Waals surface area contributed by atoms with Crippen LogP contribution in [-0.4, -0.2) is 0 Å². The topological polar surface area (TPSA) is 38.0 Å². The molecule has 2 nitrogen and oxygen atoms in total. The quantitative estimate of drug-likeness (QED) is 0.637. The number of hydrogen-bond donors (Lipinski definition) is 2. The first-order valence-electron chi connectivity index (χ1n) is 5.91. The molecule has 0 fully saturated rings. The number of nitrogens with one attached hydrogen (secondary N) is 1. The Kier molecular flexibility index (Phi) is 4.78. The summed E-state index contributed by atoms with van der Waals surface area (Å²) in [4.78, 5) is 0. The van der Waals surface area contributed by atoms with E-state index in [4.69, 9.17) is 29.0 Å². The molecule has 0 aliphatic rings. The zero-order valence-electron chi connectivity index (χ0n) is 10.6. The molecule has 0 amide bonds. The van der Waals surface area contributed by atoms with Gasteiger partial charge in [0, 0.05) is 10.0 Å². The van der Waals surface area contributed by atoms with Crippen molar-refractivity contribution in [2.45, 2.75) is 12.2 Å². The lowest BCUT2D eigenvalue weighted by Gasteiger charge is -2.19. The van der Waals surface area contributed by atoms with E-state index >= 15 is 0 Å². The van der Waals surface area contributed by atoms with Gasteiger partial charge in [0.1, 0.15) is 0 Å². The van der Waals surface area contributed by atoms with Crippen molar-refractivity contribution in [1.29, 1.82) is 0 Å². The first kappa shape index (κ1) is 16.1. The molecular formula is C14H11Cl2F3N2. The minimum Gasteiger partial charge on any atom is -0.271 e. The summed E-state index contributed by atoms with van der Waals surface area (Å²) in [6.07, 6.45) is -4.37. The van der Waals surface area contributed by atoms with Gasteiger partial charge in [-0.05, 0) is 35.4 Å². The van der Waals surface area contributed by atoms with Crippen molar-refractivity contribution in [3.63, 3.8) is 0 Å². The summed E-state index contributed by atoms with van der Waals surface area (Å²) >= 11 is 11.9. The lowest BCUT2D eigenvalue weighted by molar-refractivity contribution is -0.137. The van der Waals surface area contributed by atoms with Gasteiger partial charge in [0.15, 0.2) is 0 Å². The van der Waals surface area contributed by atoms with Gasteiger partial charge < -0.3 is 0 Å². The maximum atomic E-state index is 12.6. The predicted octanol–water partition coefficient (Wildman–Crippen LogP) is 4.56. The largest absolute Gasteiger partial charge is 0.416 e. The molecule has 2 aromatic carbocycles. The van der Waals surface area contributed by atoms with Crippen molar-refractivity contribution in [3.05, 3.63) is 69.2 Å².